The molecule has 0 saturated carbocycles. The van der Waals surface area contributed by atoms with Crippen LogP contribution in [0.25, 0.3) is 10.9 Å². The molecule has 0 aliphatic carbocycles. The number of nitrogens with one attached hydrogen (secondary N) is 3. The van der Waals surface area contributed by atoms with Crippen molar-refractivity contribution >= 4 is 40.8 Å². The molecule has 1 saturated heterocycles. The van der Waals surface area contributed by atoms with Crippen LogP contribution in [0.15, 0.2) is 24.4 Å². The second kappa shape index (κ2) is 7.86. The van der Waals surface area contributed by atoms with Gasteiger partial charge >= 0.3 is 0 Å². The highest BCUT2D eigenvalue weighted by Crippen LogP contribution is 2.22. The molecule has 1 fully saturated rings. The zero-order chi connectivity index (χ0) is 14.7. The zero-order valence-corrected chi connectivity index (χ0v) is 13.9. The van der Waals surface area contributed by atoms with Crippen molar-refractivity contribution in [2.75, 3.05) is 19.6 Å². The lowest BCUT2D eigenvalue weighted by molar-refractivity contribution is -0.125. The smallest absolute Gasteiger partial charge is 0.224 e. The number of carbonyl (C=O) groups excluding carboxylic acids is 1. The van der Waals surface area contributed by atoms with E-state index in [0.29, 0.717) is 6.54 Å². The number of aromatic amines is 1. The van der Waals surface area contributed by atoms with Crippen LogP contribution in [0.2, 0.25) is 5.02 Å². The van der Waals surface area contributed by atoms with Gasteiger partial charge in [-0.25, -0.2) is 0 Å². The average Bonchev–Trinajstić information content (AvgIpc) is 2.90. The molecular formula is C16H21Cl2N3O. The van der Waals surface area contributed by atoms with E-state index in [-0.39, 0.29) is 24.2 Å². The molecule has 1 atom stereocenters. The van der Waals surface area contributed by atoms with E-state index in [1.807, 2.05) is 24.4 Å². The molecule has 6 heteroatoms. The number of benzene rings is 1. The van der Waals surface area contributed by atoms with Crippen molar-refractivity contribution in [2.45, 2.75) is 19.3 Å². The van der Waals surface area contributed by atoms with Gasteiger partial charge in [-0.1, -0.05) is 11.6 Å². The summed E-state index contributed by atoms with van der Waals surface area (Å²) in [6, 6.07) is 5.82. The molecule has 3 N–H and O–H groups in total. The minimum Gasteiger partial charge on any atom is -0.361 e. The highest BCUT2D eigenvalue weighted by molar-refractivity contribution is 6.31. The van der Waals surface area contributed by atoms with Crippen molar-refractivity contribution in [1.29, 1.82) is 0 Å². The Labute approximate surface area is 141 Å². The molecular weight excluding hydrogens is 321 g/mol. The normalized spacial score (nSPS) is 18.0. The molecule has 1 aliphatic rings. The van der Waals surface area contributed by atoms with E-state index >= 15 is 0 Å². The zero-order valence-electron chi connectivity index (χ0n) is 12.3. The van der Waals surface area contributed by atoms with Crippen LogP contribution in [-0.4, -0.2) is 30.5 Å². The van der Waals surface area contributed by atoms with Gasteiger partial charge in [-0.05, 0) is 49.6 Å². The first-order chi connectivity index (χ1) is 10.2. The second-order valence-electron chi connectivity index (χ2n) is 5.59. The third kappa shape index (κ3) is 3.94. The molecule has 2 aromatic rings. The summed E-state index contributed by atoms with van der Waals surface area (Å²) < 4.78 is 0. The first-order valence-corrected chi connectivity index (χ1v) is 7.86. The molecule has 120 valence electrons. The van der Waals surface area contributed by atoms with Gasteiger partial charge in [0.1, 0.15) is 0 Å². The maximum absolute atomic E-state index is 12.1. The molecule has 0 bridgehead atoms. The first-order valence-electron chi connectivity index (χ1n) is 7.48. The maximum Gasteiger partial charge on any atom is 0.224 e. The van der Waals surface area contributed by atoms with Crippen molar-refractivity contribution < 1.29 is 4.79 Å². The topological polar surface area (TPSA) is 56.9 Å². The minimum absolute atomic E-state index is 0. The van der Waals surface area contributed by atoms with E-state index in [2.05, 4.69) is 15.6 Å². The van der Waals surface area contributed by atoms with Gasteiger partial charge in [0.05, 0.1) is 5.92 Å². The Morgan fingerprint density at radius 3 is 3.05 bits per heavy atom. The van der Waals surface area contributed by atoms with Crippen LogP contribution in [0, 0.1) is 5.92 Å². The standard InChI is InChI=1S/C16H20ClN3O.ClH/c17-13-3-4-15-14(8-13)11(10-20-15)5-7-19-16(21)12-2-1-6-18-9-12;/h3-4,8,10,12,18,20H,1-2,5-7,9H2,(H,19,21);1H. The van der Waals surface area contributed by atoms with Gasteiger partial charge in [0.15, 0.2) is 0 Å². The summed E-state index contributed by atoms with van der Waals surface area (Å²) in [6.07, 6.45) is 4.88. The van der Waals surface area contributed by atoms with Crippen LogP contribution in [-0.2, 0) is 11.2 Å². The SMILES string of the molecule is Cl.O=C(NCCc1c[nH]c2ccc(Cl)cc12)C1CCCNC1. The molecule has 1 amide bonds. The van der Waals surface area contributed by atoms with Gasteiger partial charge in [-0.15, -0.1) is 12.4 Å². The summed E-state index contributed by atoms with van der Waals surface area (Å²) in [5, 5.41) is 8.19. The molecule has 3 rings (SSSR count). The van der Waals surface area contributed by atoms with E-state index in [0.717, 1.165) is 48.3 Å². The van der Waals surface area contributed by atoms with E-state index in [1.165, 1.54) is 5.56 Å². The number of fused-ring (bicyclic) bond motifs is 1. The number of H-pyrrole nitrogens is 1. The number of halogens is 2. The van der Waals surface area contributed by atoms with Crippen LogP contribution in [0.4, 0.5) is 0 Å². The Bertz CT molecular complexity index is 635. The Morgan fingerprint density at radius 2 is 2.27 bits per heavy atom. The van der Waals surface area contributed by atoms with Crippen LogP contribution >= 0.6 is 24.0 Å². The Hall–Kier alpha value is -1.23. The molecule has 2 heterocycles. The van der Waals surface area contributed by atoms with E-state index in [9.17, 15) is 4.79 Å². The van der Waals surface area contributed by atoms with Crippen molar-refractivity contribution in [1.82, 2.24) is 15.6 Å². The molecule has 22 heavy (non-hydrogen) atoms. The number of carbonyl (C=O) groups is 1. The van der Waals surface area contributed by atoms with Crippen LogP contribution in [0.5, 0.6) is 0 Å². The highest BCUT2D eigenvalue weighted by atomic mass is 35.5. The number of aromatic nitrogens is 1. The van der Waals surface area contributed by atoms with Crippen molar-refractivity contribution in [2.24, 2.45) is 5.92 Å². The number of hydrogen-bond donors (Lipinski definition) is 3. The van der Waals surface area contributed by atoms with Crippen LogP contribution in [0.1, 0.15) is 18.4 Å². The van der Waals surface area contributed by atoms with Gasteiger partial charge in [0.25, 0.3) is 0 Å². The van der Waals surface area contributed by atoms with Crippen molar-refractivity contribution in [3.05, 3.63) is 35.0 Å². The van der Waals surface area contributed by atoms with Crippen molar-refractivity contribution in [3.63, 3.8) is 0 Å². The third-order valence-electron chi connectivity index (χ3n) is 4.09. The average molecular weight is 342 g/mol. The van der Waals surface area contributed by atoms with Gasteiger partial charge < -0.3 is 15.6 Å². The fraction of sp³-hybridized carbons (Fsp3) is 0.438. The predicted molar refractivity (Wildman–Crippen MR) is 92.9 cm³/mol. The third-order valence-corrected chi connectivity index (χ3v) is 4.33. The predicted octanol–water partition coefficient (Wildman–Crippen LogP) is 2.90. The molecule has 1 aromatic heterocycles. The monoisotopic (exact) mass is 341 g/mol. The summed E-state index contributed by atoms with van der Waals surface area (Å²) in [6.45, 7) is 2.49. The van der Waals surface area contributed by atoms with Crippen LogP contribution in [0.3, 0.4) is 0 Å². The molecule has 0 radical (unpaired) electrons. The number of rotatable bonds is 4. The number of amides is 1. The number of piperidine rings is 1. The summed E-state index contributed by atoms with van der Waals surface area (Å²) in [7, 11) is 0. The maximum atomic E-state index is 12.1. The van der Waals surface area contributed by atoms with Crippen molar-refractivity contribution in [3.8, 4) is 0 Å². The van der Waals surface area contributed by atoms with Gasteiger partial charge in [-0.3, -0.25) is 4.79 Å². The quantitative estimate of drug-likeness (QED) is 0.800. The second-order valence-corrected chi connectivity index (χ2v) is 6.02. The number of hydrogen-bond acceptors (Lipinski definition) is 2. The largest absolute Gasteiger partial charge is 0.361 e. The summed E-state index contributed by atoms with van der Waals surface area (Å²) in [4.78, 5) is 15.3. The minimum atomic E-state index is 0. The van der Waals surface area contributed by atoms with E-state index in [1.54, 1.807) is 0 Å². The first kappa shape index (κ1) is 17.1. The fourth-order valence-corrected chi connectivity index (χ4v) is 3.07. The molecule has 0 spiro atoms. The van der Waals surface area contributed by atoms with E-state index < -0.39 is 0 Å². The summed E-state index contributed by atoms with van der Waals surface area (Å²) in [5.74, 6) is 0.288. The molecule has 1 aliphatic heterocycles. The van der Waals surface area contributed by atoms with Gasteiger partial charge in [0.2, 0.25) is 5.91 Å². The van der Waals surface area contributed by atoms with Gasteiger partial charge in [-0.2, -0.15) is 0 Å². The Balaban J connectivity index is 0.00000176. The lowest BCUT2D eigenvalue weighted by atomic mass is 9.99. The summed E-state index contributed by atoms with van der Waals surface area (Å²) in [5.41, 5.74) is 2.27. The fourth-order valence-electron chi connectivity index (χ4n) is 2.90. The van der Waals surface area contributed by atoms with Gasteiger partial charge in [0, 0.05) is 35.2 Å². The Kier molecular flexibility index (Phi) is 6.12. The lowest BCUT2D eigenvalue weighted by Crippen LogP contribution is -2.41. The molecule has 4 nitrogen and oxygen atoms in total. The van der Waals surface area contributed by atoms with Crippen LogP contribution < -0.4 is 10.6 Å². The molecule has 1 unspecified atom stereocenters. The lowest BCUT2D eigenvalue weighted by Gasteiger charge is -2.21. The molecule has 1 aromatic carbocycles. The summed E-state index contributed by atoms with van der Waals surface area (Å²) >= 11 is 6.04. The highest BCUT2D eigenvalue weighted by Gasteiger charge is 2.20. The van der Waals surface area contributed by atoms with E-state index in [4.69, 9.17) is 11.6 Å². The Morgan fingerprint density at radius 1 is 1.41 bits per heavy atom.